The first-order chi connectivity index (χ1) is 12.8. The van der Waals surface area contributed by atoms with Crippen LogP contribution in [0.15, 0.2) is 48.8 Å². The van der Waals surface area contributed by atoms with Gasteiger partial charge in [-0.3, -0.25) is 4.90 Å². The molecule has 1 aromatic carbocycles. The van der Waals surface area contributed by atoms with Crippen LogP contribution in [-0.2, 0) is 19.4 Å². The van der Waals surface area contributed by atoms with Gasteiger partial charge in [-0.15, -0.1) is 0 Å². The van der Waals surface area contributed by atoms with Crippen LogP contribution in [0.25, 0.3) is 5.82 Å². The number of nitrogens with zero attached hydrogens (tertiary/aromatic N) is 4. The van der Waals surface area contributed by atoms with Gasteiger partial charge in [0.25, 0.3) is 0 Å². The third kappa shape index (κ3) is 2.69. The zero-order valence-corrected chi connectivity index (χ0v) is 14.9. The highest BCUT2D eigenvalue weighted by molar-refractivity contribution is 5.41. The molecule has 132 valence electrons. The van der Waals surface area contributed by atoms with E-state index in [1.807, 2.05) is 22.9 Å². The first kappa shape index (κ1) is 15.6. The van der Waals surface area contributed by atoms with Crippen molar-refractivity contribution in [1.29, 1.82) is 0 Å². The number of hydrogen-bond acceptors (Lipinski definition) is 4. The molecule has 0 saturated heterocycles. The van der Waals surface area contributed by atoms with Crippen molar-refractivity contribution in [1.82, 2.24) is 19.7 Å². The zero-order chi connectivity index (χ0) is 17.5. The lowest BCUT2D eigenvalue weighted by molar-refractivity contribution is 0.189. The van der Waals surface area contributed by atoms with Crippen molar-refractivity contribution in [2.24, 2.45) is 0 Å². The van der Waals surface area contributed by atoms with Crippen molar-refractivity contribution < 1.29 is 4.74 Å². The fourth-order valence-electron chi connectivity index (χ4n) is 3.91. The summed E-state index contributed by atoms with van der Waals surface area (Å²) in [4.78, 5) is 6.90. The van der Waals surface area contributed by atoms with E-state index < -0.39 is 0 Å². The molecule has 2 aromatic heterocycles. The lowest BCUT2D eigenvalue weighted by atomic mass is 10.0. The van der Waals surface area contributed by atoms with Crippen LogP contribution in [0.4, 0.5) is 0 Å². The highest BCUT2D eigenvalue weighted by Crippen LogP contribution is 2.32. The summed E-state index contributed by atoms with van der Waals surface area (Å²) in [6.07, 6.45) is 5.99. The summed E-state index contributed by atoms with van der Waals surface area (Å²) in [5, 5.41) is 4.79. The Morgan fingerprint density at radius 1 is 1.12 bits per heavy atom. The van der Waals surface area contributed by atoms with Crippen LogP contribution in [0.2, 0.25) is 0 Å². The SMILES string of the molecule is CC(c1ccc2c(c1)OCC2)N1CCc2cn(-c3ccccn3)nc2C1. The molecule has 0 spiro atoms. The van der Waals surface area contributed by atoms with Gasteiger partial charge in [0.2, 0.25) is 0 Å². The van der Waals surface area contributed by atoms with E-state index >= 15 is 0 Å². The minimum absolute atomic E-state index is 0.345. The van der Waals surface area contributed by atoms with E-state index in [0.717, 1.165) is 49.8 Å². The molecule has 0 saturated carbocycles. The van der Waals surface area contributed by atoms with Crippen molar-refractivity contribution in [2.75, 3.05) is 13.2 Å². The average Bonchev–Trinajstić information content (AvgIpc) is 3.33. The number of rotatable bonds is 3. The molecule has 0 bridgehead atoms. The van der Waals surface area contributed by atoms with Gasteiger partial charge in [-0.2, -0.15) is 5.10 Å². The van der Waals surface area contributed by atoms with Crippen molar-refractivity contribution in [2.45, 2.75) is 32.4 Å². The first-order valence-electron chi connectivity index (χ1n) is 9.26. The second-order valence-electron chi connectivity index (χ2n) is 7.10. The topological polar surface area (TPSA) is 43.2 Å². The van der Waals surface area contributed by atoms with Gasteiger partial charge in [0.15, 0.2) is 5.82 Å². The monoisotopic (exact) mass is 346 g/mol. The van der Waals surface area contributed by atoms with E-state index in [0.29, 0.717) is 6.04 Å². The van der Waals surface area contributed by atoms with E-state index in [4.69, 9.17) is 9.84 Å². The molecular formula is C21H22N4O. The Hall–Kier alpha value is -2.66. The normalized spacial score (nSPS) is 17.4. The number of benzene rings is 1. The molecule has 4 heterocycles. The zero-order valence-electron chi connectivity index (χ0n) is 14.9. The van der Waals surface area contributed by atoms with Crippen molar-refractivity contribution in [3.05, 3.63) is 71.2 Å². The summed E-state index contributed by atoms with van der Waals surface area (Å²) in [6.45, 7) is 5.00. The molecule has 5 nitrogen and oxygen atoms in total. The van der Waals surface area contributed by atoms with Gasteiger partial charge in [-0.05, 0) is 48.2 Å². The Balaban J connectivity index is 1.38. The molecule has 1 unspecified atom stereocenters. The Labute approximate surface area is 153 Å². The quantitative estimate of drug-likeness (QED) is 0.730. The smallest absolute Gasteiger partial charge is 0.153 e. The molecule has 0 fully saturated rings. The fraction of sp³-hybridized carbons (Fsp3) is 0.333. The summed E-state index contributed by atoms with van der Waals surface area (Å²) in [7, 11) is 0. The molecule has 3 aromatic rings. The Morgan fingerprint density at radius 3 is 2.96 bits per heavy atom. The Kier molecular flexibility index (Phi) is 3.75. The molecule has 0 aliphatic carbocycles. The average molecular weight is 346 g/mol. The molecular weight excluding hydrogens is 324 g/mol. The minimum Gasteiger partial charge on any atom is -0.493 e. The third-order valence-electron chi connectivity index (χ3n) is 5.53. The van der Waals surface area contributed by atoms with Crippen LogP contribution < -0.4 is 4.74 Å². The lowest BCUT2D eigenvalue weighted by Crippen LogP contribution is -2.32. The summed E-state index contributed by atoms with van der Waals surface area (Å²) in [5.74, 6) is 1.93. The molecule has 5 rings (SSSR count). The molecule has 1 atom stereocenters. The highest BCUT2D eigenvalue weighted by atomic mass is 16.5. The standard InChI is InChI=1S/C21H22N4O/c1-15(17-6-5-16-8-11-26-20(16)12-17)24-10-7-18-13-25(23-19(18)14-24)21-4-2-3-9-22-21/h2-6,9,12-13,15H,7-8,10-11,14H2,1H3. The van der Waals surface area contributed by atoms with Gasteiger partial charge in [-0.25, -0.2) is 9.67 Å². The highest BCUT2D eigenvalue weighted by Gasteiger charge is 2.25. The molecule has 26 heavy (non-hydrogen) atoms. The summed E-state index contributed by atoms with van der Waals surface area (Å²) in [5.41, 5.74) is 5.14. The van der Waals surface area contributed by atoms with E-state index in [2.05, 4.69) is 41.2 Å². The Morgan fingerprint density at radius 2 is 2.08 bits per heavy atom. The molecule has 2 aliphatic rings. The largest absolute Gasteiger partial charge is 0.493 e. The van der Waals surface area contributed by atoms with E-state index in [9.17, 15) is 0 Å². The van der Waals surface area contributed by atoms with Gasteiger partial charge in [-0.1, -0.05) is 18.2 Å². The maximum Gasteiger partial charge on any atom is 0.153 e. The number of pyridine rings is 1. The van der Waals surface area contributed by atoms with E-state index in [1.54, 1.807) is 6.20 Å². The number of fused-ring (bicyclic) bond motifs is 2. The van der Waals surface area contributed by atoms with Crippen molar-refractivity contribution in [3.8, 4) is 11.6 Å². The van der Waals surface area contributed by atoms with Crippen molar-refractivity contribution in [3.63, 3.8) is 0 Å². The van der Waals surface area contributed by atoms with Gasteiger partial charge in [0.05, 0.1) is 12.3 Å². The predicted molar refractivity (Wildman–Crippen MR) is 99.5 cm³/mol. The van der Waals surface area contributed by atoms with Crippen molar-refractivity contribution >= 4 is 0 Å². The van der Waals surface area contributed by atoms with Crippen LogP contribution in [0.3, 0.4) is 0 Å². The third-order valence-corrected chi connectivity index (χ3v) is 5.53. The van der Waals surface area contributed by atoms with E-state index in [-0.39, 0.29) is 0 Å². The predicted octanol–water partition coefficient (Wildman–Crippen LogP) is 3.32. The Bertz CT molecular complexity index is 934. The molecule has 0 N–H and O–H groups in total. The van der Waals surface area contributed by atoms with Crippen LogP contribution in [-0.4, -0.2) is 32.8 Å². The minimum atomic E-state index is 0.345. The van der Waals surface area contributed by atoms with Gasteiger partial charge < -0.3 is 4.74 Å². The second kappa shape index (κ2) is 6.25. The number of hydrogen-bond donors (Lipinski definition) is 0. The molecule has 5 heteroatoms. The van der Waals surface area contributed by atoms with Gasteiger partial charge >= 0.3 is 0 Å². The lowest BCUT2D eigenvalue weighted by Gasteiger charge is -2.32. The molecule has 0 amide bonds. The van der Waals surface area contributed by atoms with Gasteiger partial charge in [0, 0.05) is 37.9 Å². The van der Waals surface area contributed by atoms with Crippen LogP contribution in [0, 0.1) is 0 Å². The van der Waals surface area contributed by atoms with Crippen LogP contribution in [0.1, 0.15) is 35.3 Å². The number of ether oxygens (including phenoxy) is 1. The van der Waals surface area contributed by atoms with Gasteiger partial charge in [0.1, 0.15) is 5.75 Å². The summed E-state index contributed by atoms with van der Waals surface area (Å²) < 4.78 is 7.65. The fourth-order valence-corrected chi connectivity index (χ4v) is 3.91. The van der Waals surface area contributed by atoms with Crippen LogP contribution >= 0.6 is 0 Å². The molecule has 2 aliphatic heterocycles. The summed E-state index contributed by atoms with van der Waals surface area (Å²) in [6, 6.07) is 12.9. The number of aromatic nitrogens is 3. The molecule has 0 radical (unpaired) electrons. The maximum atomic E-state index is 5.74. The second-order valence-corrected chi connectivity index (χ2v) is 7.10. The van der Waals surface area contributed by atoms with Crippen LogP contribution in [0.5, 0.6) is 5.75 Å². The summed E-state index contributed by atoms with van der Waals surface area (Å²) >= 11 is 0. The van der Waals surface area contributed by atoms with E-state index in [1.165, 1.54) is 16.7 Å². The first-order valence-corrected chi connectivity index (χ1v) is 9.26. The maximum absolute atomic E-state index is 5.74.